The molecule has 2 heterocycles. The molecular weight excluding hydrogens is 270 g/mol. The zero-order valence-electron chi connectivity index (χ0n) is 10.5. The Bertz CT molecular complexity index is 548. The molecule has 100 valence electrons. The van der Waals surface area contributed by atoms with Crippen LogP contribution in [0.1, 0.15) is 22.6 Å². The maximum atomic E-state index is 12.5. The summed E-state index contributed by atoms with van der Waals surface area (Å²) in [5.41, 5.74) is 0. The second-order valence-electron chi connectivity index (χ2n) is 4.68. The van der Waals surface area contributed by atoms with Gasteiger partial charge in [-0.05, 0) is 32.8 Å². The van der Waals surface area contributed by atoms with Crippen LogP contribution in [-0.2, 0) is 14.8 Å². The van der Waals surface area contributed by atoms with Crippen LogP contribution < -0.4 is 0 Å². The molecule has 18 heavy (non-hydrogen) atoms. The Morgan fingerprint density at radius 2 is 2.17 bits per heavy atom. The summed E-state index contributed by atoms with van der Waals surface area (Å²) >= 11 is 1.49. The highest BCUT2D eigenvalue weighted by Crippen LogP contribution is 2.29. The molecule has 0 bridgehead atoms. The minimum Gasteiger partial charge on any atom is -0.303 e. The Kier molecular flexibility index (Phi) is 3.89. The first kappa shape index (κ1) is 13.7. The van der Waals surface area contributed by atoms with Crippen molar-refractivity contribution in [3.05, 3.63) is 15.8 Å². The second-order valence-corrected chi connectivity index (χ2v) is 8.05. The summed E-state index contributed by atoms with van der Waals surface area (Å²) in [6.45, 7) is 4.56. The van der Waals surface area contributed by atoms with Gasteiger partial charge in [-0.3, -0.25) is 0 Å². The van der Waals surface area contributed by atoms with Crippen molar-refractivity contribution in [3.63, 3.8) is 0 Å². The molecule has 0 N–H and O–H groups in total. The standard InChI is InChI=1S/C12H17NO3S2/c1-9-6-12(10(2)17-9)18(15,16)13-5-3-4-11(7-13)8-14/h6,8,11H,3-5,7H2,1-2H3. The van der Waals surface area contributed by atoms with E-state index in [4.69, 9.17) is 0 Å². The van der Waals surface area contributed by atoms with E-state index in [1.165, 1.54) is 15.6 Å². The van der Waals surface area contributed by atoms with Crippen molar-refractivity contribution >= 4 is 27.6 Å². The Morgan fingerprint density at radius 3 is 2.72 bits per heavy atom. The molecule has 1 aliphatic heterocycles. The van der Waals surface area contributed by atoms with E-state index in [0.717, 1.165) is 28.9 Å². The van der Waals surface area contributed by atoms with Gasteiger partial charge in [-0.15, -0.1) is 11.3 Å². The predicted molar refractivity (Wildman–Crippen MR) is 71.3 cm³/mol. The number of carbonyl (C=O) groups is 1. The SMILES string of the molecule is Cc1cc(S(=O)(=O)N2CCCC(C=O)C2)c(C)s1. The number of nitrogens with zero attached hydrogens (tertiary/aromatic N) is 1. The van der Waals surface area contributed by atoms with E-state index >= 15 is 0 Å². The Balaban J connectivity index is 2.31. The van der Waals surface area contributed by atoms with E-state index < -0.39 is 10.0 Å². The van der Waals surface area contributed by atoms with Gasteiger partial charge in [-0.1, -0.05) is 0 Å². The fourth-order valence-corrected chi connectivity index (χ4v) is 5.37. The number of hydrogen-bond acceptors (Lipinski definition) is 4. The van der Waals surface area contributed by atoms with Gasteiger partial charge < -0.3 is 4.79 Å². The lowest BCUT2D eigenvalue weighted by atomic mass is 10.0. The summed E-state index contributed by atoms with van der Waals surface area (Å²) in [6, 6.07) is 1.72. The van der Waals surface area contributed by atoms with Gasteiger partial charge in [0.25, 0.3) is 0 Å². The topological polar surface area (TPSA) is 54.5 Å². The van der Waals surface area contributed by atoms with Crippen LogP contribution in [0.4, 0.5) is 0 Å². The molecule has 1 aromatic heterocycles. The first-order valence-corrected chi connectivity index (χ1v) is 8.23. The summed E-state index contributed by atoms with van der Waals surface area (Å²) in [5.74, 6) is -0.159. The second kappa shape index (κ2) is 5.11. The summed E-state index contributed by atoms with van der Waals surface area (Å²) < 4.78 is 26.4. The van der Waals surface area contributed by atoms with Gasteiger partial charge >= 0.3 is 0 Å². The molecule has 1 saturated heterocycles. The Hall–Kier alpha value is -0.720. The zero-order chi connectivity index (χ0) is 13.3. The first-order chi connectivity index (χ1) is 8.45. The number of rotatable bonds is 3. The summed E-state index contributed by atoms with van der Waals surface area (Å²) in [6.07, 6.45) is 2.41. The van der Waals surface area contributed by atoms with Gasteiger partial charge in [0.05, 0.1) is 4.90 Å². The first-order valence-electron chi connectivity index (χ1n) is 5.97. The molecule has 0 saturated carbocycles. The zero-order valence-corrected chi connectivity index (χ0v) is 12.2. The van der Waals surface area contributed by atoms with Crippen LogP contribution in [0.15, 0.2) is 11.0 Å². The van der Waals surface area contributed by atoms with E-state index in [1.54, 1.807) is 6.07 Å². The minimum absolute atomic E-state index is 0.159. The van der Waals surface area contributed by atoms with Crippen molar-refractivity contribution in [1.82, 2.24) is 4.31 Å². The maximum Gasteiger partial charge on any atom is 0.244 e. The van der Waals surface area contributed by atoms with Gasteiger partial charge in [-0.2, -0.15) is 4.31 Å². The van der Waals surface area contributed by atoms with E-state index in [2.05, 4.69) is 0 Å². The smallest absolute Gasteiger partial charge is 0.244 e. The molecule has 6 heteroatoms. The van der Waals surface area contributed by atoms with Crippen molar-refractivity contribution in [2.24, 2.45) is 5.92 Å². The number of aryl methyl sites for hydroxylation is 2. The summed E-state index contributed by atoms with van der Waals surface area (Å²) in [5, 5.41) is 0. The van der Waals surface area contributed by atoms with Crippen LogP contribution in [-0.4, -0.2) is 32.1 Å². The van der Waals surface area contributed by atoms with Gasteiger partial charge in [0.2, 0.25) is 10.0 Å². The van der Waals surface area contributed by atoms with Crippen molar-refractivity contribution in [3.8, 4) is 0 Å². The van der Waals surface area contributed by atoms with Crippen molar-refractivity contribution in [2.45, 2.75) is 31.6 Å². The van der Waals surface area contributed by atoms with Crippen molar-refractivity contribution in [2.75, 3.05) is 13.1 Å². The molecule has 0 spiro atoms. The molecule has 1 aromatic rings. The largest absolute Gasteiger partial charge is 0.303 e. The van der Waals surface area contributed by atoms with Gasteiger partial charge in [-0.25, -0.2) is 8.42 Å². The number of hydrogen-bond donors (Lipinski definition) is 0. The number of aldehydes is 1. The average Bonchev–Trinajstić information content (AvgIpc) is 2.69. The van der Waals surface area contributed by atoms with E-state index in [0.29, 0.717) is 18.0 Å². The lowest BCUT2D eigenvalue weighted by molar-refractivity contribution is -0.112. The van der Waals surface area contributed by atoms with E-state index in [1.807, 2.05) is 13.8 Å². The number of thiophene rings is 1. The fraction of sp³-hybridized carbons (Fsp3) is 0.583. The van der Waals surface area contributed by atoms with Crippen LogP contribution in [0.25, 0.3) is 0 Å². The molecular formula is C12H17NO3S2. The van der Waals surface area contributed by atoms with Gasteiger partial charge in [0.1, 0.15) is 6.29 Å². The predicted octanol–water partition coefficient (Wildman–Crippen LogP) is 1.96. The maximum absolute atomic E-state index is 12.5. The highest BCUT2D eigenvalue weighted by molar-refractivity contribution is 7.89. The minimum atomic E-state index is -3.43. The molecule has 0 amide bonds. The molecule has 0 aliphatic carbocycles. The third-order valence-corrected chi connectivity index (χ3v) is 6.31. The molecule has 2 rings (SSSR count). The normalized spacial score (nSPS) is 22.0. The van der Waals surface area contributed by atoms with Crippen LogP contribution >= 0.6 is 11.3 Å². The Morgan fingerprint density at radius 1 is 1.44 bits per heavy atom. The molecule has 1 unspecified atom stereocenters. The molecule has 0 aromatic carbocycles. The third-order valence-electron chi connectivity index (χ3n) is 3.23. The number of sulfonamides is 1. The van der Waals surface area contributed by atoms with Crippen LogP contribution in [0.3, 0.4) is 0 Å². The average molecular weight is 287 g/mol. The number of piperidine rings is 1. The van der Waals surface area contributed by atoms with Crippen molar-refractivity contribution in [1.29, 1.82) is 0 Å². The molecule has 1 atom stereocenters. The lowest BCUT2D eigenvalue weighted by Gasteiger charge is -2.29. The van der Waals surface area contributed by atoms with Crippen LogP contribution in [0, 0.1) is 19.8 Å². The van der Waals surface area contributed by atoms with Crippen molar-refractivity contribution < 1.29 is 13.2 Å². The molecule has 4 nitrogen and oxygen atoms in total. The highest BCUT2D eigenvalue weighted by Gasteiger charge is 2.31. The fourth-order valence-electron chi connectivity index (χ4n) is 2.31. The summed E-state index contributed by atoms with van der Waals surface area (Å²) in [7, 11) is -3.43. The van der Waals surface area contributed by atoms with Gasteiger partial charge in [0, 0.05) is 28.8 Å². The molecule has 0 radical (unpaired) electrons. The van der Waals surface area contributed by atoms with E-state index in [9.17, 15) is 13.2 Å². The van der Waals surface area contributed by atoms with Crippen LogP contribution in [0.5, 0.6) is 0 Å². The lowest BCUT2D eigenvalue weighted by Crippen LogP contribution is -2.40. The summed E-state index contributed by atoms with van der Waals surface area (Å²) in [4.78, 5) is 13.0. The molecule has 1 fully saturated rings. The Labute approximate surface area is 112 Å². The van der Waals surface area contributed by atoms with Crippen LogP contribution in [0.2, 0.25) is 0 Å². The van der Waals surface area contributed by atoms with E-state index in [-0.39, 0.29) is 5.92 Å². The quantitative estimate of drug-likeness (QED) is 0.799. The number of carbonyl (C=O) groups excluding carboxylic acids is 1. The molecule has 1 aliphatic rings. The highest BCUT2D eigenvalue weighted by atomic mass is 32.2. The van der Waals surface area contributed by atoms with Gasteiger partial charge in [0.15, 0.2) is 0 Å². The third kappa shape index (κ3) is 2.50. The monoisotopic (exact) mass is 287 g/mol.